The van der Waals surface area contributed by atoms with Crippen LogP contribution in [0.1, 0.15) is 19.8 Å². The first-order chi connectivity index (χ1) is 4.66. The number of piperidine rings is 1. The van der Waals surface area contributed by atoms with Crippen molar-refractivity contribution in [3.05, 3.63) is 0 Å². The predicted octanol–water partition coefficient (Wildman–Crippen LogP) is 0.123. The maximum absolute atomic E-state index is 9.57. The van der Waals surface area contributed by atoms with Crippen LogP contribution in [0.3, 0.4) is 0 Å². The molecule has 2 heteroatoms. The second kappa shape index (κ2) is 2.61. The SMILES string of the molecule is C#C[C@]1(O)CCN[C@@H](C)C1. The highest BCUT2D eigenvalue weighted by Gasteiger charge is 2.29. The Kier molecular flexibility index (Phi) is 1.98. The lowest BCUT2D eigenvalue weighted by molar-refractivity contribution is 0.0537. The number of terminal acetylenes is 1. The molecule has 1 rings (SSSR count). The van der Waals surface area contributed by atoms with E-state index in [1.54, 1.807) is 0 Å². The maximum Gasteiger partial charge on any atom is 0.127 e. The van der Waals surface area contributed by atoms with Crippen molar-refractivity contribution in [2.45, 2.75) is 31.4 Å². The van der Waals surface area contributed by atoms with Crippen LogP contribution in [0, 0.1) is 12.3 Å². The molecular weight excluding hydrogens is 126 g/mol. The van der Waals surface area contributed by atoms with Crippen LogP contribution in [-0.4, -0.2) is 23.3 Å². The third-order valence-electron chi connectivity index (χ3n) is 1.94. The van der Waals surface area contributed by atoms with Crippen molar-refractivity contribution in [2.24, 2.45) is 0 Å². The average molecular weight is 139 g/mol. The Morgan fingerprint density at radius 1 is 1.80 bits per heavy atom. The van der Waals surface area contributed by atoms with Gasteiger partial charge in [-0.05, 0) is 19.9 Å². The van der Waals surface area contributed by atoms with Crippen LogP contribution in [0.15, 0.2) is 0 Å². The second-order valence-electron chi connectivity index (χ2n) is 2.99. The molecule has 2 atom stereocenters. The second-order valence-corrected chi connectivity index (χ2v) is 2.99. The smallest absolute Gasteiger partial charge is 0.127 e. The van der Waals surface area contributed by atoms with Gasteiger partial charge in [0.05, 0.1) is 0 Å². The minimum atomic E-state index is -0.843. The summed E-state index contributed by atoms with van der Waals surface area (Å²) in [4.78, 5) is 0. The summed E-state index contributed by atoms with van der Waals surface area (Å²) in [6.07, 6.45) is 6.52. The Bertz CT molecular complexity index is 161. The van der Waals surface area contributed by atoms with E-state index >= 15 is 0 Å². The molecule has 0 spiro atoms. The van der Waals surface area contributed by atoms with E-state index in [1.165, 1.54) is 0 Å². The fourth-order valence-corrected chi connectivity index (χ4v) is 1.34. The molecule has 0 saturated carbocycles. The van der Waals surface area contributed by atoms with Crippen LogP contribution in [0.2, 0.25) is 0 Å². The standard InChI is InChI=1S/C8H13NO/c1-3-8(10)4-5-9-7(2)6-8/h1,7,9-10H,4-6H2,2H3/t7-,8-/m0/s1. The Labute approximate surface area is 61.6 Å². The first-order valence-electron chi connectivity index (χ1n) is 3.60. The molecule has 10 heavy (non-hydrogen) atoms. The topological polar surface area (TPSA) is 32.3 Å². The molecule has 0 aliphatic carbocycles. The van der Waals surface area contributed by atoms with Gasteiger partial charge in [-0.2, -0.15) is 0 Å². The van der Waals surface area contributed by atoms with Crippen LogP contribution < -0.4 is 5.32 Å². The van der Waals surface area contributed by atoms with Gasteiger partial charge in [0.25, 0.3) is 0 Å². The van der Waals surface area contributed by atoms with E-state index in [4.69, 9.17) is 6.42 Å². The first-order valence-corrected chi connectivity index (χ1v) is 3.60. The monoisotopic (exact) mass is 139 g/mol. The highest BCUT2D eigenvalue weighted by molar-refractivity contribution is 5.10. The zero-order valence-corrected chi connectivity index (χ0v) is 6.22. The molecule has 1 aliphatic rings. The van der Waals surface area contributed by atoms with Crippen molar-refractivity contribution >= 4 is 0 Å². The molecule has 1 fully saturated rings. The van der Waals surface area contributed by atoms with Crippen molar-refractivity contribution < 1.29 is 5.11 Å². The molecule has 0 bridgehead atoms. The molecule has 2 nitrogen and oxygen atoms in total. The van der Waals surface area contributed by atoms with Gasteiger partial charge in [-0.15, -0.1) is 6.42 Å². The third kappa shape index (κ3) is 1.50. The quantitative estimate of drug-likeness (QED) is 0.467. The largest absolute Gasteiger partial charge is 0.378 e. The summed E-state index contributed by atoms with van der Waals surface area (Å²) in [5.74, 6) is 2.43. The lowest BCUT2D eigenvalue weighted by Gasteiger charge is -2.31. The maximum atomic E-state index is 9.57. The first kappa shape index (κ1) is 7.59. The zero-order valence-electron chi connectivity index (χ0n) is 6.22. The molecule has 1 saturated heterocycles. The van der Waals surface area contributed by atoms with Gasteiger partial charge in [0, 0.05) is 12.5 Å². The van der Waals surface area contributed by atoms with E-state index in [-0.39, 0.29) is 0 Å². The Morgan fingerprint density at radius 3 is 2.90 bits per heavy atom. The van der Waals surface area contributed by atoms with Gasteiger partial charge < -0.3 is 10.4 Å². The average Bonchev–Trinajstić information content (AvgIpc) is 1.88. The Hall–Kier alpha value is -0.520. The molecule has 0 aromatic carbocycles. The minimum absolute atomic E-state index is 0.342. The summed E-state index contributed by atoms with van der Waals surface area (Å²) < 4.78 is 0. The lowest BCUT2D eigenvalue weighted by Crippen LogP contribution is -2.45. The van der Waals surface area contributed by atoms with Crippen molar-refractivity contribution in [1.29, 1.82) is 0 Å². The van der Waals surface area contributed by atoms with Crippen LogP contribution >= 0.6 is 0 Å². The Balaban J connectivity index is 2.56. The summed E-state index contributed by atoms with van der Waals surface area (Å²) in [6, 6.07) is 0.342. The van der Waals surface area contributed by atoms with Crippen LogP contribution in [-0.2, 0) is 0 Å². The lowest BCUT2D eigenvalue weighted by atomic mass is 9.89. The van der Waals surface area contributed by atoms with Crippen LogP contribution in [0.25, 0.3) is 0 Å². The zero-order chi connectivity index (χ0) is 7.61. The van der Waals surface area contributed by atoms with Crippen molar-refractivity contribution in [2.75, 3.05) is 6.54 Å². The van der Waals surface area contributed by atoms with Crippen molar-refractivity contribution in [3.8, 4) is 12.3 Å². The van der Waals surface area contributed by atoms with Crippen molar-refractivity contribution in [1.82, 2.24) is 5.32 Å². The summed E-state index contributed by atoms with van der Waals surface area (Å²) in [7, 11) is 0. The number of rotatable bonds is 0. The van der Waals surface area contributed by atoms with Gasteiger partial charge in [0.2, 0.25) is 0 Å². The van der Waals surface area contributed by atoms with E-state index < -0.39 is 5.60 Å². The van der Waals surface area contributed by atoms with E-state index in [0.29, 0.717) is 18.9 Å². The fraction of sp³-hybridized carbons (Fsp3) is 0.750. The highest BCUT2D eigenvalue weighted by atomic mass is 16.3. The van der Waals surface area contributed by atoms with E-state index in [1.807, 2.05) is 6.92 Å². The summed E-state index contributed by atoms with van der Waals surface area (Å²) >= 11 is 0. The van der Waals surface area contributed by atoms with Gasteiger partial charge in [0.1, 0.15) is 5.60 Å². The van der Waals surface area contributed by atoms with Gasteiger partial charge >= 0.3 is 0 Å². The molecule has 2 N–H and O–H groups in total. The summed E-state index contributed by atoms with van der Waals surface area (Å²) in [5.41, 5.74) is -0.843. The molecule has 0 radical (unpaired) electrons. The normalized spacial score (nSPS) is 40.7. The summed E-state index contributed by atoms with van der Waals surface area (Å²) in [6.45, 7) is 2.85. The molecule has 56 valence electrons. The van der Waals surface area contributed by atoms with Crippen molar-refractivity contribution in [3.63, 3.8) is 0 Å². The van der Waals surface area contributed by atoms with E-state index in [2.05, 4.69) is 11.2 Å². The van der Waals surface area contributed by atoms with Gasteiger partial charge in [-0.3, -0.25) is 0 Å². The fourth-order valence-electron chi connectivity index (χ4n) is 1.34. The van der Waals surface area contributed by atoms with E-state index in [9.17, 15) is 5.11 Å². The van der Waals surface area contributed by atoms with Gasteiger partial charge in [-0.25, -0.2) is 0 Å². The molecule has 1 heterocycles. The number of aliphatic hydroxyl groups is 1. The highest BCUT2D eigenvalue weighted by Crippen LogP contribution is 2.19. The Morgan fingerprint density at radius 2 is 2.50 bits per heavy atom. The van der Waals surface area contributed by atoms with Crippen LogP contribution in [0.4, 0.5) is 0 Å². The summed E-state index contributed by atoms with van der Waals surface area (Å²) in [5, 5.41) is 12.8. The van der Waals surface area contributed by atoms with Crippen LogP contribution in [0.5, 0.6) is 0 Å². The third-order valence-corrected chi connectivity index (χ3v) is 1.94. The molecular formula is C8H13NO. The molecule has 0 amide bonds. The predicted molar refractivity (Wildman–Crippen MR) is 40.5 cm³/mol. The number of nitrogens with one attached hydrogen (secondary N) is 1. The van der Waals surface area contributed by atoms with Gasteiger partial charge in [0.15, 0.2) is 0 Å². The number of hydrogen-bond acceptors (Lipinski definition) is 2. The molecule has 0 aromatic rings. The molecule has 1 aliphatic heterocycles. The minimum Gasteiger partial charge on any atom is -0.378 e. The van der Waals surface area contributed by atoms with E-state index in [0.717, 1.165) is 6.54 Å². The van der Waals surface area contributed by atoms with Gasteiger partial charge in [-0.1, -0.05) is 5.92 Å². The molecule has 0 aromatic heterocycles. The molecule has 0 unspecified atom stereocenters. The number of hydrogen-bond donors (Lipinski definition) is 2.